The highest BCUT2D eigenvalue weighted by Gasteiger charge is 2.17. The maximum atomic E-state index is 12.6. The smallest absolute Gasteiger partial charge is 0.306 e. The number of carbonyl (C=O) groups excluding carboxylic acids is 2. The molecule has 0 aliphatic heterocycles. The molecule has 0 fully saturated rings. The third-order valence-electron chi connectivity index (χ3n) is 8.85. The topological polar surface area (TPSA) is 61.8 Å². The van der Waals surface area contributed by atoms with E-state index in [1.165, 1.54) is 83.5 Å². The van der Waals surface area contributed by atoms with Crippen molar-refractivity contribution < 1.29 is 23.8 Å². The van der Waals surface area contributed by atoms with Crippen molar-refractivity contribution in [1.82, 2.24) is 0 Å². The summed E-state index contributed by atoms with van der Waals surface area (Å²) in [7, 11) is 0. The van der Waals surface area contributed by atoms with Crippen molar-refractivity contribution in [3.63, 3.8) is 0 Å². The molecular formula is C45H80O5. The van der Waals surface area contributed by atoms with Gasteiger partial charge in [-0.15, -0.1) is 0 Å². The highest BCUT2D eigenvalue weighted by Crippen LogP contribution is 2.12. The largest absolute Gasteiger partial charge is 0.462 e. The maximum Gasteiger partial charge on any atom is 0.306 e. The summed E-state index contributed by atoms with van der Waals surface area (Å²) < 4.78 is 17.1. The van der Waals surface area contributed by atoms with Crippen LogP contribution in [-0.2, 0) is 23.8 Å². The molecule has 0 rings (SSSR count). The van der Waals surface area contributed by atoms with E-state index < -0.39 is 6.10 Å². The minimum absolute atomic E-state index is 0.0736. The predicted molar refractivity (Wildman–Crippen MR) is 215 cm³/mol. The first kappa shape index (κ1) is 47.9. The van der Waals surface area contributed by atoms with Crippen molar-refractivity contribution in [1.29, 1.82) is 0 Å². The second-order valence-electron chi connectivity index (χ2n) is 13.9. The van der Waals surface area contributed by atoms with Gasteiger partial charge >= 0.3 is 11.9 Å². The molecule has 50 heavy (non-hydrogen) atoms. The molecule has 0 aliphatic carbocycles. The van der Waals surface area contributed by atoms with Crippen LogP contribution < -0.4 is 0 Å². The maximum absolute atomic E-state index is 12.6. The van der Waals surface area contributed by atoms with E-state index in [4.69, 9.17) is 14.2 Å². The van der Waals surface area contributed by atoms with Gasteiger partial charge in [0, 0.05) is 19.4 Å². The number of ether oxygens (including phenoxy) is 3. The Balaban J connectivity index is 4.18. The molecule has 0 N–H and O–H groups in total. The Hall–Kier alpha value is -2.14. The summed E-state index contributed by atoms with van der Waals surface area (Å²) in [5, 5.41) is 0. The lowest BCUT2D eigenvalue weighted by molar-refractivity contribution is -0.163. The van der Waals surface area contributed by atoms with Crippen molar-refractivity contribution in [2.45, 2.75) is 207 Å². The Labute approximate surface area is 310 Å². The highest BCUT2D eigenvalue weighted by atomic mass is 16.6. The Morgan fingerprint density at radius 1 is 0.460 bits per heavy atom. The van der Waals surface area contributed by atoms with Crippen LogP contribution in [0.3, 0.4) is 0 Å². The summed E-state index contributed by atoms with van der Waals surface area (Å²) in [4.78, 5) is 25.1. The molecule has 0 amide bonds. The fraction of sp³-hybridized carbons (Fsp3) is 0.778. The predicted octanol–water partition coefficient (Wildman–Crippen LogP) is 13.7. The Bertz CT molecular complexity index is 842. The van der Waals surface area contributed by atoms with Gasteiger partial charge in [-0.1, -0.05) is 159 Å². The third-order valence-corrected chi connectivity index (χ3v) is 8.85. The molecule has 0 aromatic heterocycles. The lowest BCUT2D eigenvalue weighted by Crippen LogP contribution is -2.30. The van der Waals surface area contributed by atoms with Crippen molar-refractivity contribution in [3.8, 4) is 0 Å². The molecule has 0 radical (unpaired) electrons. The number of rotatable bonds is 38. The molecule has 0 bridgehead atoms. The highest BCUT2D eigenvalue weighted by molar-refractivity contribution is 5.70. The lowest BCUT2D eigenvalue weighted by atomic mass is 10.1. The van der Waals surface area contributed by atoms with E-state index in [-0.39, 0.29) is 25.2 Å². The van der Waals surface area contributed by atoms with Gasteiger partial charge < -0.3 is 14.2 Å². The van der Waals surface area contributed by atoms with Gasteiger partial charge in [0.15, 0.2) is 6.10 Å². The molecule has 0 saturated carbocycles. The molecule has 0 aromatic carbocycles. The summed E-state index contributed by atoms with van der Waals surface area (Å²) >= 11 is 0. The zero-order chi connectivity index (χ0) is 36.4. The van der Waals surface area contributed by atoms with E-state index in [0.717, 1.165) is 83.5 Å². The SMILES string of the molecule is CC/C=C\C/C=C\C/C=C\CCCCCCCC(=O)OCC(COCCCCCCCC)OC(=O)CCCCCCC/C=C\CCCCCC. The van der Waals surface area contributed by atoms with Gasteiger partial charge in [0.1, 0.15) is 6.61 Å². The molecule has 5 nitrogen and oxygen atoms in total. The zero-order valence-electron chi connectivity index (χ0n) is 33.2. The number of hydrogen-bond donors (Lipinski definition) is 0. The number of carbonyl (C=O) groups is 2. The van der Waals surface area contributed by atoms with Gasteiger partial charge in [-0.3, -0.25) is 9.59 Å². The first-order valence-corrected chi connectivity index (χ1v) is 21.2. The van der Waals surface area contributed by atoms with Gasteiger partial charge in [0.2, 0.25) is 0 Å². The van der Waals surface area contributed by atoms with Crippen molar-refractivity contribution >= 4 is 11.9 Å². The van der Waals surface area contributed by atoms with E-state index in [0.29, 0.717) is 19.4 Å². The van der Waals surface area contributed by atoms with Crippen molar-refractivity contribution in [2.24, 2.45) is 0 Å². The minimum atomic E-state index is -0.540. The summed E-state index contributed by atoms with van der Waals surface area (Å²) in [5.74, 6) is -0.430. The number of allylic oxidation sites excluding steroid dienone is 8. The molecule has 0 spiro atoms. The number of hydrogen-bond acceptors (Lipinski definition) is 5. The molecule has 5 heteroatoms. The van der Waals surface area contributed by atoms with Crippen LogP contribution in [0.4, 0.5) is 0 Å². The van der Waals surface area contributed by atoms with Crippen LogP contribution in [0.25, 0.3) is 0 Å². The van der Waals surface area contributed by atoms with Gasteiger partial charge in [-0.05, 0) is 77.0 Å². The van der Waals surface area contributed by atoms with Crippen LogP contribution in [0.1, 0.15) is 201 Å². The van der Waals surface area contributed by atoms with Crippen molar-refractivity contribution in [3.05, 3.63) is 48.6 Å². The van der Waals surface area contributed by atoms with Crippen LogP contribution in [0.5, 0.6) is 0 Å². The summed E-state index contributed by atoms with van der Waals surface area (Å²) in [6.45, 7) is 7.63. The van der Waals surface area contributed by atoms with Crippen LogP contribution in [-0.4, -0.2) is 37.9 Å². The van der Waals surface area contributed by atoms with E-state index in [2.05, 4.69) is 69.4 Å². The van der Waals surface area contributed by atoms with E-state index in [9.17, 15) is 9.59 Å². The molecule has 0 aliphatic rings. The fourth-order valence-electron chi connectivity index (χ4n) is 5.69. The van der Waals surface area contributed by atoms with Crippen LogP contribution in [0, 0.1) is 0 Å². The zero-order valence-corrected chi connectivity index (χ0v) is 33.2. The van der Waals surface area contributed by atoms with Gasteiger partial charge in [0.25, 0.3) is 0 Å². The molecule has 0 heterocycles. The quantitative estimate of drug-likeness (QED) is 0.0364. The third kappa shape index (κ3) is 38.7. The molecule has 0 aromatic rings. The normalized spacial score (nSPS) is 12.6. The Morgan fingerprint density at radius 2 is 0.900 bits per heavy atom. The molecule has 290 valence electrons. The van der Waals surface area contributed by atoms with Gasteiger partial charge in [-0.2, -0.15) is 0 Å². The molecule has 0 saturated heterocycles. The van der Waals surface area contributed by atoms with Crippen LogP contribution >= 0.6 is 0 Å². The molecule has 1 atom stereocenters. The van der Waals surface area contributed by atoms with Gasteiger partial charge in [0.05, 0.1) is 6.61 Å². The number of esters is 2. The van der Waals surface area contributed by atoms with E-state index in [1.54, 1.807) is 0 Å². The minimum Gasteiger partial charge on any atom is -0.462 e. The first-order valence-electron chi connectivity index (χ1n) is 21.2. The average Bonchev–Trinajstić information content (AvgIpc) is 3.11. The monoisotopic (exact) mass is 701 g/mol. The second-order valence-corrected chi connectivity index (χ2v) is 13.9. The standard InChI is InChI=1S/C45H80O5/c1-4-7-10-13-16-18-20-22-23-25-26-28-30-32-35-38-44(46)49-42-43(41-48-40-37-34-15-12-9-6-3)50-45(47)39-36-33-31-29-27-24-21-19-17-14-11-8-5-2/h7,10,16,18-19,21-23,43H,4-6,8-9,11-15,17,20,24-42H2,1-3H3/b10-7-,18-16-,21-19-,23-22-. The lowest BCUT2D eigenvalue weighted by Gasteiger charge is -2.18. The molecular weight excluding hydrogens is 620 g/mol. The summed E-state index contributed by atoms with van der Waals surface area (Å²) in [5.41, 5.74) is 0. The fourth-order valence-corrected chi connectivity index (χ4v) is 5.69. The summed E-state index contributed by atoms with van der Waals surface area (Å²) in [6.07, 6.45) is 48.2. The molecule has 1 unspecified atom stereocenters. The first-order chi connectivity index (χ1) is 24.6. The van der Waals surface area contributed by atoms with Crippen LogP contribution in [0.2, 0.25) is 0 Å². The van der Waals surface area contributed by atoms with Gasteiger partial charge in [-0.25, -0.2) is 0 Å². The second kappa shape index (κ2) is 41.3. The van der Waals surface area contributed by atoms with E-state index >= 15 is 0 Å². The van der Waals surface area contributed by atoms with Crippen molar-refractivity contribution in [2.75, 3.05) is 19.8 Å². The average molecular weight is 701 g/mol. The van der Waals surface area contributed by atoms with Crippen LogP contribution in [0.15, 0.2) is 48.6 Å². The number of unbranched alkanes of at least 4 members (excludes halogenated alkanes) is 19. The Morgan fingerprint density at radius 3 is 1.48 bits per heavy atom. The Kier molecular flexibility index (Phi) is 39.5. The summed E-state index contributed by atoms with van der Waals surface area (Å²) in [6, 6.07) is 0. The van der Waals surface area contributed by atoms with E-state index in [1.807, 2.05) is 0 Å².